The predicted octanol–water partition coefficient (Wildman–Crippen LogP) is 4.13. The summed E-state index contributed by atoms with van der Waals surface area (Å²) >= 11 is 0. The molecule has 6 heteroatoms. The van der Waals surface area contributed by atoms with E-state index in [0.29, 0.717) is 13.0 Å². The van der Waals surface area contributed by atoms with Gasteiger partial charge in [0.05, 0.1) is 0 Å². The Balaban J connectivity index is 2.76. The molecule has 1 rings (SSSR count). The van der Waals surface area contributed by atoms with E-state index in [9.17, 15) is 13.2 Å². The highest BCUT2D eigenvalue weighted by Gasteiger charge is 2.32. The van der Waals surface area contributed by atoms with Crippen LogP contribution in [0.15, 0.2) is 24.3 Å². The first-order valence-corrected chi connectivity index (χ1v) is 6.87. The van der Waals surface area contributed by atoms with Gasteiger partial charge in [0.15, 0.2) is 11.5 Å². The Labute approximate surface area is 123 Å². The molecular formula is C15H22F3NO2. The molecule has 1 unspecified atom stereocenters. The zero-order valence-electron chi connectivity index (χ0n) is 12.8. The molecule has 1 aromatic carbocycles. The second-order valence-corrected chi connectivity index (χ2v) is 5.77. The molecule has 0 fully saturated rings. The number of alkyl halides is 3. The van der Waals surface area contributed by atoms with Crippen LogP contribution in [-0.2, 0) is 0 Å². The molecule has 0 radical (unpaired) electrons. The number of hydrogen-bond donors (Lipinski definition) is 1. The largest absolute Gasteiger partial charge is 0.573 e. The van der Waals surface area contributed by atoms with E-state index in [1.54, 1.807) is 6.07 Å². The Hall–Kier alpha value is -1.43. The molecule has 1 atom stereocenters. The molecule has 0 saturated carbocycles. The van der Waals surface area contributed by atoms with Crippen LogP contribution in [0.25, 0.3) is 0 Å². The van der Waals surface area contributed by atoms with Crippen molar-refractivity contribution in [2.24, 2.45) is 0 Å². The van der Waals surface area contributed by atoms with Gasteiger partial charge in [-0.05, 0) is 39.3 Å². The zero-order chi connectivity index (χ0) is 16.1. The van der Waals surface area contributed by atoms with E-state index in [1.165, 1.54) is 18.2 Å². The number of halogens is 3. The van der Waals surface area contributed by atoms with Gasteiger partial charge in [0.25, 0.3) is 0 Å². The molecule has 1 N–H and O–H groups in total. The van der Waals surface area contributed by atoms with Crippen LogP contribution in [0.1, 0.15) is 34.1 Å². The van der Waals surface area contributed by atoms with E-state index in [-0.39, 0.29) is 23.1 Å². The summed E-state index contributed by atoms with van der Waals surface area (Å²) < 4.78 is 46.7. The Kier molecular flexibility index (Phi) is 5.89. The fraction of sp³-hybridized carbons (Fsp3) is 0.600. The molecule has 1 aromatic rings. The third-order valence-corrected chi connectivity index (χ3v) is 2.68. The summed E-state index contributed by atoms with van der Waals surface area (Å²) in [5.41, 5.74) is -0.0846. The van der Waals surface area contributed by atoms with Crippen LogP contribution in [-0.4, -0.2) is 24.6 Å². The fourth-order valence-electron chi connectivity index (χ4n) is 1.63. The fourth-order valence-corrected chi connectivity index (χ4v) is 1.63. The van der Waals surface area contributed by atoms with E-state index in [4.69, 9.17) is 4.74 Å². The van der Waals surface area contributed by atoms with Crippen LogP contribution in [0.3, 0.4) is 0 Å². The van der Waals surface area contributed by atoms with Gasteiger partial charge in [-0.2, -0.15) is 0 Å². The van der Waals surface area contributed by atoms with E-state index >= 15 is 0 Å². The normalized spacial score (nSPS) is 13.9. The quantitative estimate of drug-likeness (QED) is 0.857. The minimum absolute atomic E-state index is 0.0846. The Bertz CT molecular complexity index is 441. The predicted molar refractivity (Wildman–Crippen MR) is 75.6 cm³/mol. The van der Waals surface area contributed by atoms with Crippen LogP contribution < -0.4 is 14.8 Å². The molecule has 0 amide bonds. The third kappa shape index (κ3) is 7.22. The number of nitrogens with one attached hydrogen (secondary N) is 1. The summed E-state index contributed by atoms with van der Waals surface area (Å²) in [4.78, 5) is 0. The van der Waals surface area contributed by atoms with Crippen LogP contribution in [0.5, 0.6) is 11.5 Å². The summed E-state index contributed by atoms with van der Waals surface area (Å²) in [6.45, 7) is 8.50. The van der Waals surface area contributed by atoms with Crippen molar-refractivity contribution in [3.63, 3.8) is 0 Å². The van der Waals surface area contributed by atoms with Gasteiger partial charge in [0.2, 0.25) is 0 Å². The average molecular weight is 305 g/mol. The molecule has 0 heterocycles. The van der Waals surface area contributed by atoms with Crippen molar-refractivity contribution in [3.8, 4) is 11.5 Å². The second kappa shape index (κ2) is 7.02. The van der Waals surface area contributed by atoms with Gasteiger partial charge < -0.3 is 14.8 Å². The van der Waals surface area contributed by atoms with E-state index in [2.05, 4.69) is 10.1 Å². The molecule has 120 valence electrons. The molecule has 0 aliphatic carbocycles. The Morgan fingerprint density at radius 2 is 1.67 bits per heavy atom. The molecule has 0 aliphatic heterocycles. The van der Waals surface area contributed by atoms with Crippen LogP contribution in [0.2, 0.25) is 0 Å². The molecule has 21 heavy (non-hydrogen) atoms. The minimum Gasteiger partial charge on any atom is -0.485 e. The summed E-state index contributed by atoms with van der Waals surface area (Å²) in [7, 11) is 0. The molecule has 3 nitrogen and oxygen atoms in total. The monoisotopic (exact) mass is 305 g/mol. The molecule has 0 spiro atoms. The van der Waals surface area contributed by atoms with Crippen molar-refractivity contribution < 1.29 is 22.6 Å². The van der Waals surface area contributed by atoms with Crippen LogP contribution >= 0.6 is 0 Å². The van der Waals surface area contributed by atoms with Crippen LogP contribution in [0.4, 0.5) is 13.2 Å². The van der Waals surface area contributed by atoms with Crippen molar-refractivity contribution in [2.45, 2.75) is 52.1 Å². The average Bonchev–Trinajstić information content (AvgIpc) is 2.33. The highest BCUT2D eigenvalue weighted by molar-refractivity contribution is 5.39. The number of rotatable bonds is 6. The summed E-state index contributed by atoms with van der Waals surface area (Å²) in [5.74, 6) is -0.225. The first-order valence-electron chi connectivity index (χ1n) is 6.87. The highest BCUT2D eigenvalue weighted by Crippen LogP contribution is 2.32. The first kappa shape index (κ1) is 17.6. The van der Waals surface area contributed by atoms with Crippen molar-refractivity contribution in [1.82, 2.24) is 5.32 Å². The Morgan fingerprint density at radius 3 is 2.14 bits per heavy atom. The van der Waals surface area contributed by atoms with Gasteiger partial charge >= 0.3 is 6.36 Å². The zero-order valence-corrected chi connectivity index (χ0v) is 12.8. The van der Waals surface area contributed by atoms with Gasteiger partial charge in [-0.15, -0.1) is 13.2 Å². The van der Waals surface area contributed by atoms with Gasteiger partial charge in [0, 0.05) is 12.1 Å². The topological polar surface area (TPSA) is 30.5 Å². The lowest BCUT2D eigenvalue weighted by Gasteiger charge is -2.26. The van der Waals surface area contributed by atoms with E-state index in [0.717, 1.165) is 0 Å². The van der Waals surface area contributed by atoms with Gasteiger partial charge in [0.1, 0.15) is 6.10 Å². The highest BCUT2D eigenvalue weighted by atomic mass is 19.4. The Morgan fingerprint density at radius 1 is 1.10 bits per heavy atom. The van der Waals surface area contributed by atoms with Crippen molar-refractivity contribution >= 4 is 0 Å². The maximum Gasteiger partial charge on any atom is 0.573 e. The molecule has 0 bridgehead atoms. The molecular weight excluding hydrogens is 283 g/mol. The lowest BCUT2D eigenvalue weighted by atomic mass is 10.1. The summed E-state index contributed by atoms with van der Waals surface area (Å²) in [6, 6.07) is 5.80. The molecule has 0 aromatic heterocycles. The number of para-hydroxylation sites is 2. The standard InChI is InChI=1S/C15H22F3NO2/c1-5-11(10-19-14(2,3)4)20-12-8-6-7-9-13(12)21-15(16,17)18/h6-9,11,19H,5,10H2,1-4H3. The van der Waals surface area contributed by atoms with Gasteiger partial charge in [-0.3, -0.25) is 0 Å². The minimum atomic E-state index is -4.73. The van der Waals surface area contributed by atoms with Crippen molar-refractivity contribution in [3.05, 3.63) is 24.3 Å². The first-order chi connectivity index (χ1) is 9.61. The van der Waals surface area contributed by atoms with Crippen molar-refractivity contribution in [1.29, 1.82) is 0 Å². The number of ether oxygens (including phenoxy) is 2. The number of hydrogen-bond acceptors (Lipinski definition) is 3. The van der Waals surface area contributed by atoms with E-state index in [1.807, 2.05) is 27.7 Å². The maximum absolute atomic E-state index is 12.4. The lowest BCUT2D eigenvalue weighted by molar-refractivity contribution is -0.275. The number of benzene rings is 1. The summed E-state index contributed by atoms with van der Waals surface area (Å²) in [6.07, 6.45) is -4.30. The summed E-state index contributed by atoms with van der Waals surface area (Å²) in [5, 5.41) is 3.27. The van der Waals surface area contributed by atoms with Gasteiger partial charge in [-0.1, -0.05) is 19.1 Å². The van der Waals surface area contributed by atoms with Gasteiger partial charge in [-0.25, -0.2) is 0 Å². The SMILES string of the molecule is CCC(CNC(C)(C)C)Oc1ccccc1OC(F)(F)F. The smallest absolute Gasteiger partial charge is 0.485 e. The maximum atomic E-state index is 12.4. The molecule has 0 aliphatic rings. The second-order valence-electron chi connectivity index (χ2n) is 5.77. The van der Waals surface area contributed by atoms with E-state index < -0.39 is 6.36 Å². The van der Waals surface area contributed by atoms with Crippen molar-refractivity contribution in [2.75, 3.05) is 6.54 Å². The lowest BCUT2D eigenvalue weighted by Crippen LogP contribution is -2.42. The van der Waals surface area contributed by atoms with Crippen LogP contribution in [0, 0.1) is 0 Å². The third-order valence-electron chi connectivity index (χ3n) is 2.68. The molecule has 0 saturated heterocycles.